The van der Waals surface area contributed by atoms with Crippen molar-refractivity contribution in [3.05, 3.63) is 66.1 Å². The molecule has 142 valence electrons. The van der Waals surface area contributed by atoms with Crippen LogP contribution in [0.25, 0.3) is 11.4 Å². The van der Waals surface area contributed by atoms with Gasteiger partial charge >= 0.3 is 6.03 Å². The first-order valence-corrected chi connectivity index (χ1v) is 8.68. The van der Waals surface area contributed by atoms with Crippen molar-refractivity contribution < 1.29 is 18.8 Å². The van der Waals surface area contributed by atoms with E-state index in [2.05, 4.69) is 15.5 Å². The smallest absolute Gasteiger partial charge is 0.325 e. The molecule has 4 rings (SSSR count). The van der Waals surface area contributed by atoms with Gasteiger partial charge in [0.15, 0.2) is 0 Å². The van der Waals surface area contributed by atoms with Gasteiger partial charge in [0.05, 0.1) is 7.11 Å². The van der Waals surface area contributed by atoms with Crippen LogP contribution in [0.4, 0.5) is 4.79 Å². The summed E-state index contributed by atoms with van der Waals surface area (Å²) in [4.78, 5) is 30.7. The van der Waals surface area contributed by atoms with E-state index in [0.717, 1.165) is 4.90 Å². The number of urea groups is 1. The van der Waals surface area contributed by atoms with Crippen LogP contribution in [-0.4, -0.2) is 34.1 Å². The lowest BCUT2D eigenvalue weighted by atomic mass is 9.92. The van der Waals surface area contributed by atoms with Crippen LogP contribution in [0.2, 0.25) is 0 Å². The van der Waals surface area contributed by atoms with Gasteiger partial charge in [-0.15, -0.1) is 0 Å². The fourth-order valence-electron chi connectivity index (χ4n) is 3.14. The molecule has 0 aliphatic carbocycles. The molecule has 0 saturated carbocycles. The summed E-state index contributed by atoms with van der Waals surface area (Å²) in [6.07, 6.45) is 0. The molecule has 28 heavy (non-hydrogen) atoms. The van der Waals surface area contributed by atoms with Crippen LogP contribution in [0, 0.1) is 0 Å². The number of imide groups is 1. The molecular formula is C20H18N4O4. The Hall–Kier alpha value is -3.68. The molecule has 3 amide bonds. The van der Waals surface area contributed by atoms with Gasteiger partial charge in [-0.05, 0) is 24.6 Å². The zero-order valence-electron chi connectivity index (χ0n) is 15.4. The molecule has 0 bridgehead atoms. The largest absolute Gasteiger partial charge is 0.497 e. The normalized spacial score (nSPS) is 19.0. The predicted molar refractivity (Wildman–Crippen MR) is 99.2 cm³/mol. The molecule has 1 saturated heterocycles. The highest BCUT2D eigenvalue weighted by Gasteiger charge is 2.49. The van der Waals surface area contributed by atoms with E-state index in [1.807, 2.05) is 36.4 Å². The fourth-order valence-corrected chi connectivity index (χ4v) is 3.14. The Labute approximate surface area is 161 Å². The van der Waals surface area contributed by atoms with Crippen molar-refractivity contribution in [1.29, 1.82) is 0 Å². The molecule has 2 aromatic carbocycles. The number of benzene rings is 2. The third-order valence-corrected chi connectivity index (χ3v) is 4.72. The monoisotopic (exact) mass is 378 g/mol. The van der Waals surface area contributed by atoms with Crippen molar-refractivity contribution >= 4 is 11.9 Å². The van der Waals surface area contributed by atoms with Crippen LogP contribution < -0.4 is 10.1 Å². The molecule has 1 aliphatic heterocycles. The van der Waals surface area contributed by atoms with Crippen molar-refractivity contribution in [3.63, 3.8) is 0 Å². The number of rotatable bonds is 5. The molecule has 8 heteroatoms. The summed E-state index contributed by atoms with van der Waals surface area (Å²) in [5, 5.41) is 6.69. The van der Waals surface area contributed by atoms with E-state index in [1.54, 1.807) is 32.2 Å². The summed E-state index contributed by atoms with van der Waals surface area (Å²) in [5.41, 5.74) is 0.285. The quantitative estimate of drug-likeness (QED) is 0.686. The highest BCUT2D eigenvalue weighted by atomic mass is 16.5. The first-order chi connectivity index (χ1) is 13.5. The van der Waals surface area contributed by atoms with Crippen molar-refractivity contribution in [2.75, 3.05) is 7.11 Å². The number of ether oxygens (including phenoxy) is 1. The third-order valence-electron chi connectivity index (χ3n) is 4.72. The van der Waals surface area contributed by atoms with E-state index in [4.69, 9.17) is 9.26 Å². The molecule has 1 atom stereocenters. The predicted octanol–water partition coefficient (Wildman–Crippen LogP) is 2.71. The summed E-state index contributed by atoms with van der Waals surface area (Å²) in [6, 6.07) is 15.8. The highest BCUT2D eigenvalue weighted by Crippen LogP contribution is 2.29. The summed E-state index contributed by atoms with van der Waals surface area (Å²) < 4.78 is 10.4. The number of nitrogens with one attached hydrogen (secondary N) is 1. The maximum atomic E-state index is 12.9. The number of aromatic nitrogens is 2. The molecule has 8 nitrogen and oxygen atoms in total. The van der Waals surface area contributed by atoms with Gasteiger partial charge in [-0.3, -0.25) is 9.69 Å². The van der Waals surface area contributed by atoms with Crippen molar-refractivity contribution in [2.24, 2.45) is 0 Å². The summed E-state index contributed by atoms with van der Waals surface area (Å²) in [7, 11) is 1.57. The Morgan fingerprint density at radius 2 is 1.93 bits per heavy atom. The molecule has 1 aromatic heterocycles. The summed E-state index contributed by atoms with van der Waals surface area (Å²) in [5.74, 6) is 0.812. The summed E-state index contributed by atoms with van der Waals surface area (Å²) in [6.45, 7) is 1.57. The molecular weight excluding hydrogens is 360 g/mol. The second-order valence-corrected chi connectivity index (χ2v) is 6.56. The van der Waals surface area contributed by atoms with E-state index < -0.39 is 11.6 Å². The number of nitrogens with zero attached hydrogens (tertiary/aromatic N) is 3. The molecule has 1 aliphatic rings. The van der Waals surface area contributed by atoms with E-state index in [9.17, 15) is 9.59 Å². The zero-order chi connectivity index (χ0) is 19.7. The van der Waals surface area contributed by atoms with Gasteiger partial charge in [0.25, 0.3) is 5.91 Å². The second-order valence-electron chi connectivity index (χ2n) is 6.56. The van der Waals surface area contributed by atoms with Crippen molar-refractivity contribution in [3.8, 4) is 17.1 Å². The Morgan fingerprint density at radius 1 is 1.14 bits per heavy atom. The lowest BCUT2D eigenvalue weighted by molar-refractivity contribution is -0.131. The van der Waals surface area contributed by atoms with Crippen LogP contribution in [0.3, 0.4) is 0 Å². The van der Waals surface area contributed by atoms with Crippen LogP contribution in [0.5, 0.6) is 5.75 Å². The molecule has 0 radical (unpaired) electrons. The number of amides is 3. The maximum absolute atomic E-state index is 12.9. The Morgan fingerprint density at radius 3 is 2.68 bits per heavy atom. The SMILES string of the molecule is COc1cccc(-c2noc(CN3C(=O)N[C@](C)(c4ccccc4)C3=O)n2)c1. The lowest BCUT2D eigenvalue weighted by Gasteiger charge is -2.21. The highest BCUT2D eigenvalue weighted by molar-refractivity contribution is 6.07. The lowest BCUT2D eigenvalue weighted by Crippen LogP contribution is -2.40. The number of hydrogen-bond donors (Lipinski definition) is 1. The Bertz CT molecular complexity index is 1030. The second kappa shape index (κ2) is 6.80. The molecule has 1 fully saturated rings. The van der Waals surface area contributed by atoms with Crippen molar-refractivity contribution in [1.82, 2.24) is 20.4 Å². The van der Waals surface area contributed by atoms with Gasteiger partial charge in [0, 0.05) is 5.56 Å². The average Bonchev–Trinajstić information content (AvgIpc) is 3.28. The first kappa shape index (κ1) is 17.7. The fraction of sp³-hybridized carbons (Fsp3) is 0.200. The summed E-state index contributed by atoms with van der Waals surface area (Å²) >= 11 is 0. The average molecular weight is 378 g/mol. The standard InChI is InChI=1S/C20H18N4O4/c1-20(14-8-4-3-5-9-14)18(25)24(19(26)22-20)12-16-21-17(23-28-16)13-7-6-10-15(11-13)27-2/h3-11H,12H2,1-2H3,(H,22,26)/t20-/m1/s1. The van der Waals surface area contributed by atoms with E-state index in [-0.39, 0.29) is 18.3 Å². The van der Waals surface area contributed by atoms with Crippen molar-refractivity contribution in [2.45, 2.75) is 19.0 Å². The number of methoxy groups -OCH3 is 1. The third kappa shape index (κ3) is 2.98. The van der Waals surface area contributed by atoms with Gasteiger partial charge < -0.3 is 14.6 Å². The maximum Gasteiger partial charge on any atom is 0.325 e. The number of carbonyl (C=O) groups is 2. The van der Waals surface area contributed by atoms with E-state index >= 15 is 0 Å². The molecule has 0 unspecified atom stereocenters. The van der Waals surface area contributed by atoms with Crippen LogP contribution in [0.15, 0.2) is 59.1 Å². The van der Waals surface area contributed by atoms with E-state index in [1.165, 1.54) is 0 Å². The minimum absolute atomic E-state index is 0.107. The topological polar surface area (TPSA) is 97.6 Å². The van der Waals surface area contributed by atoms with Crippen LogP contribution in [0.1, 0.15) is 18.4 Å². The number of carbonyl (C=O) groups excluding carboxylic acids is 2. The van der Waals surface area contributed by atoms with Gasteiger partial charge in [-0.1, -0.05) is 47.6 Å². The minimum Gasteiger partial charge on any atom is -0.497 e. The van der Waals surface area contributed by atoms with Gasteiger partial charge in [0.2, 0.25) is 11.7 Å². The molecule has 0 spiro atoms. The van der Waals surface area contributed by atoms with Crippen LogP contribution >= 0.6 is 0 Å². The van der Waals surface area contributed by atoms with Gasteiger partial charge in [-0.25, -0.2) is 4.79 Å². The minimum atomic E-state index is -1.13. The molecule has 2 heterocycles. The van der Waals surface area contributed by atoms with Gasteiger partial charge in [-0.2, -0.15) is 4.98 Å². The van der Waals surface area contributed by atoms with Gasteiger partial charge in [0.1, 0.15) is 17.8 Å². The van der Waals surface area contributed by atoms with Crippen LogP contribution in [-0.2, 0) is 16.9 Å². The Balaban J connectivity index is 1.56. The molecule has 1 N–H and O–H groups in total. The van der Waals surface area contributed by atoms with E-state index in [0.29, 0.717) is 22.7 Å². The first-order valence-electron chi connectivity index (χ1n) is 8.68. The zero-order valence-corrected chi connectivity index (χ0v) is 15.4. The molecule has 3 aromatic rings. The number of hydrogen-bond acceptors (Lipinski definition) is 6. The Kier molecular flexibility index (Phi) is 4.31.